The lowest BCUT2D eigenvalue weighted by molar-refractivity contribution is 0.476. The fraction of sp³-hybridized carbons (Fsp3) is 0.0625. The summed E-state index contributed by atoms with van der Waals surface area (Å²) in [6.45, 7) is 1.52. The van der Waals surface area contributed by atoms with Crippen molar-refractivity contribution in [2.45, 2.75) is 16.7 Å². The van der Waals surface area contributed by atoms with Gasteiger partial charge in [0.05, 0.1) is 21.2 Å². The van der Waals surface area contributed by atoms with E-state index in [2.05, 4.69) is 15.3 Å². The van der Waals surface area contributed by atoms with Crippen LogP contribution in [-0.4, -0.2) is 31.7 Å². The summed E-state index contributed by atoms with van der Waals surface area (Å²) in [5.74, 6) is -0.375. The molecular weight excluding hydrogens is 436 g/mol. The number of aryl methyl sites for hydroxylation is 1. The molecule has 0 fully saturated rings. The van der Waals surface area contributed by atoms with E-state index in [1.807, 2.05) is 0 Å². The molecule has 0 bridgehead atoms. The van der Waals surface area contributed by atoms with Gasteiger partial charge in [-0.25, -0.2) is 31.8 Å². The summed E-state index contributed by atoms with van der Waals surface area (Å²) in [4.78, 5) is 12.2. The average Bonchev–Trinajstić information content (AvgIpc) is 2.93. The zero-order valence-electron chi connectivity index (χ0n) is 15.3. The zero-order valence-corrected chi connectivity index (χ0v) is 17.0. The van der Waals surface area contributed by atoms with E-state index < -0.39 is 25.6 Å². The number of nitrogens with zero attached hydrogens (tertiary/aromatic N) is 3. The minimum absolute atomic E-state index is 0.142. The van der Waals surface area contributed by atoms with Gasteiger partial charge in [0.15, 0.2) is 5.69 Å². The number of aromatic amines is 1. The molecule has 0 radical (unpaired) electrons. The van der Waals surface area contributed by atoms with E-state index in [0.29, 0.717) is 0 Å². The smallest absolute Gasteiger partial charge is 0.299 e. The largest absolute Gasteiger partial charge is 0.506 e. The molecule has 0 amide bonds. The van der Waals surface area contributed by atoms with Crippen LogP contribution < -0.4 is 15.8 Å². The predicted octanol–water partition coefficient (Wildman–Crippen LogP) is 0.890. The molecule has 0 saturated heterocycles. The van der Waals surface area contributed by atoms with Crippen LogP contribution >= 0.6 is 0 Å². The maximum absolute atomic E-state index is 12.7. The van der Waals surface area contributed by atoms with E-state index in [9.17, 15) is 26.7 Å². The van der Waals surface area contributed by atoms with Crippen molar-refractivity contribution in [1.82, 2.24) is 9.78 Å². The summed E-state index contributed by atoms with van der Waals surface area (Å²) in [5, 5.41) is 30.3. The molecule has 0 saturated carbocycles. The summed E-state index contributed by atoms with van der Waals surface area (Å²) in [6, 6.07) is 8.55. The number of hydrogen-bond acceptors (Lipinski definition) is 8. The summed E-state index contributed by atoms with van der Waals surface area (Å²) in [7, 11) is -8.01. The number of azo groups is 1. The summed E-state index contributed by atoms with van der Waals surface area (Å²) in [5.41, 5.74) is -0.549. The standard InChI is InChI=1S/C16H16N6O6S2/c1-9-15(20-19-13-8-12(30(18,27)28)5-6-14(13)23)16(24)22(21-9)10-3-2-4-11(7-10)29(17,25)26/h2-8,21,23H,1H3,(H2,17,25,26)(H2,18,27,28). The van der Waals surface area contributed by atoms with Gasteiger partial charge in [0.25, 0.3) is 5.56 Å². The molecule has 0 aliphatic heterocycles. The Balaban J connectivity index is 2.05. The van der Waals surface area contributed by atoms with Gasteiger partial charge in [-0.3, -0.25) is 9.89 Å². The van der Waals surface area contributed by atoms with Crippen molar-refractivity contribution in [3.05, 3.63) is 58.5 Å². The van der Waals surface area contributed by atoms with Gasteiger partial charge in [0.1, 0.15) is 11.4 Å². The second-order valence-electron chi connectivity index (χ2n) is 6.16. The van der Waals surface area contributed by atoms with Gasteiger partial charge in [-0.1, -0.05) is 6.07 Å². The average molecular weight is 452 g/mol. The first-order valence-corrected chi connectivity index (χ1v) is 11.2. The number of aromatic hydroxyl groups is 1. The maximum atomic E-state index is 12.7. The highest BCUT2D eigenvalue weighted by atomic mass is 32.2. The van der Waals surface area contributed by atoms with Gasteiger partial charge in [-0.15, -0.1) is 10.2 Å². The summed E-state index contributed by atoms with van der Waals surface area (Å²) >= 11 is 0. The lowest BCUT2D eigenvalue weighted by Gasteiger charge is -2.03. The molecule has 3 aromatic rings. The number of hydrogen-bond donors (Lipinski definition) is 4. The molecule has 0 unspecified atom stereocenters. The molecule has 3 rings (SSSR count). The Morgan fingerprint density at radius 2 is 1.60 bits per heavy atom. The van der Waals surface area contributed by atoms with Crippen molar-refractivity contribution in [3.8, 4) is 11.4 Å². The Morgan fingerprint density at radius 3 is 2.23 bits per heavy atom. The molecule has 6 N–H and O–H groups in total. The van der Waals surface area contributed by atoms with Gasteiger partial charge in [-0.2, -0.15) is 0 Å². The number of primary sulfonamides is 2. The Morgan fingerprint density at radius 1 is 0.967 bits per heavy atom. The predicted molar refractivity (Wildman–Crippen MR) is 106 cm³/mol. The molecule has 12 nitrogen and oxygen atoms in total. The molecule has 1 aromatic heterocycles. The van der Waals surface area contributed by atoms with Crippen LogP contribution in [0.15, 0.2) is 67.3 Å². The van der Waals surface area contributed by atoms with Crippen molar-refractivity contribution in [2.75, 3.05) is 0 Å². The van der Waals surface area contributed by atoms with E-state index in [1.54, 1.807) is 0 Å². The van der Waals surface area contributed by atoms with Crippen molar-refractivity contribution in [2.24, 2.45) is 20.5 Å². The quantitative estimate of drug-likeness (QED) is 0.413. The number of phenolic OH excluding ortho intramolecular Hbond substituents is 1. The molecule has 30 heavy (non-hydrogen) atoms. The number of phenols is 1. The fourth-order valence-corrected chi connectivity index (χ4v) is 3.59. The number of rotatable bonds is 5. The molecule has 1 heterocycles. The Hall–Kier alpha value is -3.33. The summed E-state index contributed by atoms with van der Waals surface area (Å²) < 4.78 is 47.0. The third-order valence-corrected chi connectivity index (χ3v) is 5.80. The van der Waals surface area contributed by atoms with Crippen LogP contribution in [0.3, 0.4) is 0 Å². The van der Waals surface area contributed by atoms with E-state index in [-0.39, 0.29) is 38.3 Å². The van der Waals surface area contributed by atoms with Crippen LogP contribution in [0, 0.1) is 6.92 Å². The number of sulfonamides is 2. The second kappa shape index (κ2) is 7.49. The SMILES string of the molecule is Cc1[nH]n(-c2cccc(S(N)(=O)=O)c2)c(=O)c1N=Nc1cc(S(N)(=O)=O)ccc1O. The highest BCUT2D eigenvalue weighted by Crippen LogP contribution is 2.30. The highest BCUT2D eigenvalue weighted by molar-refractivity contribution is 7.89. The molecule has 0 aliphatic carbocycles. The van der Waals surface area contributed by atoms with Crippen LogP contribution in [0.2, 0.25) is 0 Å². The number of H-pyrrole nitrogens is 1. The maximum Gasteiger partial charge on any atom is 0.299 e. The first kappa shape index (κ1) is 21.4. The van der Waals surface area contributed by atoms with Crippen LogP contribution in [0.4, 0.5) is 11.4 Å². The summed E-state index contributed by atoms with van der Waals surface area (Å²) in [6.07, 6.45) is 0. The van der Waals surface area contributed by atoms with Gasteiger partial charge in [-0.05, 0) is 43.3 Å². The molecule has 158 valence electrons. The van der Waals surface area contributed by atoms with Crippen molar-refractivity contribution in [1.29, 1.82) is 0 Å². The van der Waals surface area contributed by atoms with Gasteiger partial charge in [0, 0.05) is 0 Å². The normalized spacial score (nSPS) is 12.5. The molecule has 0 atom stereocenters. The number of benzene rings is 2. The third kappa shape index (κ3) is 4.30. The van der Waals surface area contributed by atoms with E-state index in [0.717, 1.165) is 22.9 Å². The van der Waals surface area contributed by atoms with E-state index in [1.165, 1.54) is 31.2 Å². The monoisotopic (exact) mass is 452 g/mol. The van der Waals surface area contributed by atoms with Crippen LogP contribution in [0.25, 0.3) is 5.69 Å². The van der Waals surface area contributed by atoms with Crippen LogP contribution in [0.5, 0.6) is 5.75 Å². The third-order valence-electron chi connectivity index (χ3n) is 3.98. The van der Waals surface area contributed by atoms with E-state index >= 15 is 0 Å². The van der Waals surface area contributed by atoms with Crippen molar-refractivity contribution in [3.63, 3.8) is 0 Å². The van der Waals surface area contributed by atoms with Crippen LogP contribution in [0.1, 0.15) is 5.69 Å². The number of nitrogens with two attached hydrogens (primary N) is 2. The molecular formula is C16H16N6O6S2. The minimum atomic E-state index is -4.03. The molecule has 14 heteroatoms. The molecule has 2 aromatic carbocycles. The number of aromatic nitrogens is 2. The van der Waals surface area contributed by atoms with E-state index in [4.69, 9.17) is 10.3 Å². The first-order chi connectivity index (χ1) is 13.9. The zero-order chi connectivity index (χ0) is 22.3. The van der Waals surface area contributed by atoms with Crippen LogP contribution in [-0.2, 0) is 20.0 Å². The second-order valence-corrected chi connectivity index (χ2v) is 9.29. The fourth-order valence-electron chi connectivity index (χ4n) is 2.50. The van der Waals surface area contributed by atoms with Gasteiger partial charge >= 0.3 is 0 Å². The minimum Gasteiger partial charge on any atom is -0.506 e. The van der Waals surface area contributed by atoms with Crippen molar-refractivity contribution < 1.29 is 21.9 Å². The van der Waals surface area contributed by atoms with Crippen molar-refractivity contribution >= 4 is 31.4 Å². The first-order valence-electron chi connectivity index (χ1n) is 8.10. The number of nitrogens with one attached hydrogen (secondary N) is 1. The Bertz CT molecular complexity index is 1440. The van der Waals surface area contributed by atoms with Gasteiger partial charge < -0.3 is 5.11 Å². The lowest BCUT2D eigenvalue weighted by Crippen LogP contribution is -2.16. The Labute approximate surface area is 170 Å². The molecule has 0 spiro atoms. The highest BCUT2D eigenvalue weighted by Gasteiger charge is 2.16. The molecule has 0 aliphatic rings. The van der Waals surface area contributed by atoms with Gasteiger partial charge in [0.2, 0.25) is 20.0 Å². The lowest BCUT2D eigenvalue weighted by atomic mass is 10.3. The Kier molecular flexibility index (Phi) is 5.34. The topological polar surface area (TPSA) is 203 Å².